The molecule has 3 aromatic carbocycles. The summed E-state index contributed by atoms with van der Waals surface area (Å²) in [5.74, 6) is 0.266. The zero-order valence-electron chi connectivity index (χ0n) is 16.1. The summed E-state index contributed by atoms with van der Waals surface area (Å²) in [5, 5.41) is 6.09. The average Bonchev–Trinajstić information content (AvgIpc) is 2.66. The molecule has 0 bridgehead atoms. The normalized spacial score (nSPS) is 20.5. The standard InChI is InChI=1S/C25H22BrNO/c1-25(2)13-18-23(21(28)14-25)22-16-8-4-3-7-15(16)11-12-20(22)27-24(18)17-9-5-6-10-19(17)26/h3-12,24,27H,13-14H2,1-2H3/t24-/m1/s1. The molecule has 3 aromatic rings. The Labute approximate surface area is 173 Å². The maximum Gasteiger partial charge on any atom is 0.164 e. The highest BCUT2D eigenvalue weighted by Gasteiger charge is 2.40. The van der Waals surface area contributed by atoms with Gasteiger partial charge in [0, 0.05) is 27.7 Å². The molecule has 0 amide bonds. The van der Waals surface area contributed by atoms with Crippen LogP contribution in [0.4, 0.5) is 5.69 Å². The monoisotopic (exact) mass is 431 g/mol. The van der Waals surface area contributed by atoms with E-state index in [0.29, 0.717) is 6.42 Å². The molecule has 0 fully saturated rings. The van der Waals surface area contributed by atoms with Gasteiger partial charge in [-0.05, 0) is 45.9 Å². The molecule has 5 rings (SSSR count). The van der Waals surface area contributed by atoms with Crippen LogP contribution in [-0.2, 0) is 4.79 Å². The van der Waals surface area contributed by atoms with Crippen molar-refractivity contribution in [2.24, 2.45) is 5.41 Å². The van der Waals surface area contributed by atoms with E-state index in [0.717, 1.165) is 33.1 Å². The average molecular weight is 432 g/mol. The first-order valence-electron chi connectivity index (χ1n) is 9.74. The van der Waals surface area contributed by atoms with Gasteiger partial charge in [-0.1, -0.05) is 78.3 Å². The number of nitrogens with one attached hydrogen (secondary N) is 1. The first-order chi connectivity index (χ1) is 13.4. The van der Waals surface area contributed by atoms with Crippen molar-refractivity contribution in [1.82, 2.24) is 0 Å². The van der Waals surface area contributed by atoms with E-state index in [9.17, 15) is 4.79 Å². The number of Topliss-reactive ketones (excluding diaryl/α,β-unsaturated/α-hetero) is 1. The minimum atomic E-state index is -0.0286. The van der Waals surface area contributed by atoms with Crippen LogP contribution >= 0.6 is 15.9 Å². The van der Waals surface area contributed by atoms with Gasteiger partial charge in [0.25, 0.3) is 0 Å². The van der Waals surface area contributed by atoms with E-state index in [1.807, 2.05) is 6.07 Å². The number of halogens is 1. The van der Waals surface area contributed by atoms with E-state index in [1.54, 1.807) is 0 Å². The quantitative estimate of drug-likeness (QED) is 0.453. The second-order valence-electron chi connectivity index (χ2n) is 8.65. The lowest BCUT2D eigenvalue weighted by atomic mass is 9.68. The summed E-state index contributed by atoms with van der Waals surface area (Å²) in [5.41, 5.74) is 5.43. The number of rotatable bonds is 1. The van der Waals surface area contributed by atoms with Crippen LogP contribution in [0, 0.1) is 5.41 Å². The van der Waals surface area contributed by atoms with Crippen LogP contribution in [0.1, 0.15) is 43.9 Å². The third-order valence-electron chi connectivity index (χ3n) is 5.95. The van der Waals surface area contributed by atoms with Crippen LogP contribution in [0.2, 0.25) is 0 Å². The van der Waals surface area contributed by atoms with Gasteiger partial charge in [-0.2, -0.15) is 0 Å². The molecule has 3 heteroatoms. The second-order valence-corrected chi connectivity index (χ2v) is 9.50. The molecule has 0 saturated heterocycles. The van der Waals surface area contributed by atoms with Gasteiger partial charge < -0.3 is 5.32 Å². The number of carbonyl (C=O) groups is 1. The molecule has 1 atom stereocenters. The molecule has 0 saturated carbocycles. The number of carbonyl (C=O) groups excluding carboxylic acids is 1. The lowest BCUT2D eigenvalue weighted by Gasteiger charge is -2.40. The van der Waals surface area contributed by atoms with Crippen LogP contribution in [0.3, 0.4) is 0 Å². The van der Waals surface area contributed by atoms with Gasteiger partial charge in [0.2, 0.25) is 0 Å². The first-order valence-corrected chi connectivity index (χ1v) is 10.5. The van der Waals surface area contributed by atoms with Gasteiger partial charge in [0.05, 0.1) is 6.04 Å². The summed E-state index contributed by atoms with van der Waals surface area (Å²) in [4.78, 5) is 13.4. The van der Waals surface area contributed by atoms with Gasteiger partial charge in [-0.3, -0.25) is 4.79 Å². The Morgan fingerprint density at radius 2 is 1.71 bits per heavy atom. The highest BCUT2D eigenvalue weighted by atomic mass is 79.9. The molecule has 28 heavy (non-hydrogen) atoms. The number of ketones is 1. The molecule has 140 valence electrons. The summed E-state index contributed by atoms with van der Waals surface area (Å²) < 4.78 is 1.07. The van der Waals surface area contributed by atoms with Crippen molar-refractivity contribution >= 4 is 43.7 Å². The summed E-state index contributed by atoms with van der Waals surface area (Å²) in [6, 6.07) is 20.9. The highest BCUT2D eigenvalue weighted by Crippen LogP contribution is 2.52. The van der Waals surface area contributed by atoms with Gasteiger partial charge in [-0.25, -0.2) is 0 Å². The van der Waals surface area contributed by atoms with Gasteiger partial charge in [0.1, 0.15) is 0 Å². The minimum Gasteiger partial charge on any atom is -0.374 e. The maximum atomic E-state index is 13.4. The molecule has 2 aliphatic rings. The molecule has 0 unspecified atom stereocenters. The lowest BCUT2D eigenvalue weighted by molar-refractivity contribution is -0.116. The second kappa shape index (κ2) is 6.31. The van der Waals surface area contributed by atoms with Crippen molar-refractivity contribution < 1.29 is 4.79 Å². The van der Waals surface area contributed by atoms with Gasteiger partial charge in [0.15, 0.2) is 5.78 Å². The topological polar surface area (TPSA) is 29.1 Å². The van der Waals surface area contributed by atoms with E-state index < -0.39 is 0 Å². The number of benzene rings is 3. The fourth-order valence-corrected chi connectivity index (χ4v) is 5.31. The van der Waals surface area contributed by atoms with Crippen molar-refractivity contribution in [1.29, 1.82) is 0 Å². The van der Waals surface area contributed by atoms with Crippen LogP contribution < -0.4 is 5.32 Å². The summed E-state index contributed by atoms with van der Waals surface area (Å²) in [7, 11) is 0. The summed E-state index contributed by atoms with van der Waals surface area (Å²) >= 11 is 3.72. The van der Waals surface area contributed by atoms with E-state index in [2.05, 4.69) is 89.7 Å². The number of fused-ring (bicyclic) bond motifs is 4. The van der Waals surface area contributed by atoms with Crippen LogP contribution in [0.5, 0.6) is 0 Å². The molecule has 1 heterocycles. The fourth-order valence-electron chi connectivity index (χ4n) is 4.79. The molecule has 0 spiro atoms. The van der Waals surface area contributed by atoms with Crippen LogP contribution in [0.25, 0.3) is 16.3 Å². The number of hydrogen-bond donors (Lipinski definition) is 1. The van der Waals surface area contributed by atoms with Gasteiger partial charge in [-0.15, -0.1) is 0 Å². The zero-order valence-corrected chi connectivity index (χ0v) is 17.6. The highest BCUT2D eigenvalue weighted by molar-refractivity contribution is 9.10. The van der Waals surface area contributed by atoms with Crippen molar-refractivity contribution in [2.45, 2.75) is 32.7 Å². The molecular formula is C25H22BrNO. The molecule has 1 aliphatic carbocycles. The predicted molar refractivity (Wildman–Crippen MR) is 119 cm³/mol. The minimum absolute atomic E-state index is 0.00256. The van der Waals surface area contributed by atoms with E-state index in [-0.39, 0.29) is 17.2 Å². The summed E-state index contributed by atoms with van der Waals surface area (Å²) in [6.45, 7) is 4.40. The number of hydrogen-bond acceptors (Lipinski definition) is 2. The molecule has 0 radical (unpaired) electrons. The Hall–Kier alpha value is -2.39. The zero-order chi connectivity index (χ0) is 19.5. The predicted octanol–water partition coefficient (Wildman–Crippen LogP) is 6.91. The Bertz CT molecular complexity index is 1160. The Morgan fingerprint density at radius 1 is 0.964 bits per heavy atom. The third-order valence-corrected chi connectivity index (χ3v) is 6.67. The van der Waals surface area contributed by atoms with E-state index >= 15 is 0 Å². The largest absolute Gasteiger partial charge is 0.374 e. The van der Waals surface area contributed by atoms with Gasteiger partial charge >= 0.3 is 0 Å². The SMILES string of the molecule is CC1(C)CC(=O)C2=C(C1)[C@@H](c1ccccc1Br)Nc1ccc3ccccc3c12. The van der Waals surface area contributed by atoms with Crippen molar-refractivity contribution in [3.05, 3.63) is 81.8 Å². The van der Waals surface area contributed by atoms with Crippen molar-refractivity contribution in [2.75, 3.05) is 5.32 Å². The summed E-state index contributed by atoms with van der Waals surface area (Å²) in [6.07, 6.45) is 1.51. The molecule has 1 N–H and O–H groups in total. The Morgan fingerprint density at radius 3 is 2.54 bits per heavy atom. The number of allylic oxidation sites excluding steroid dienone is 1. The fraction of sp³-hybridized carbons (Fsp3) is 0.240. The third kappa shape index (κ3) is 2.72. The Balaban J connectivity index is 1.83. The number of anilines is 1. The molecule has 2 nitrogen and oxygen atoms in total. The maximum absolute atomic E-state index is 13.4. The van der Waals surface area contributed by atoms with E-state index in [4.69, 9.17) is 0 Å². The van der Waals surface area contributed by atoms with E-state index in [1.165, 1.54) is 16.5 Å². The molecule has 0 aromatic heterocycles. The van der Waals surface area contributed by atoms with Crippen LogP contribution in [0.15, 0.2) is 70.7 Å². The molecule has 1 aliphatic heterocycles. The first kappa shape index (κ1) is 17.7. The smallest absolute Gasteiger partial charge is 0.164 e. The van der Waals surface area contributed by atoms with Crippen molar-refractivity contribution in [3.8, 4) is 0 Å². The van der Waals surface area contributed by atoms with Crippen molar-refractivity contribution in [3.63, 3.8) is 0 Å². The molecular weight excluding hydrogens is 410 g/mol. The lowest BCUT2D eigenvalue weighted by Crippen LogP contribution is -2.32. The van der Waals surface area contributed by atoms with Crippen LogP contribution in [-0.4, -0.2) is 5.78 Å². The Kier molecular flexibility index (Phi) is 3.99.